The Hall–Kier alpha value is -1.20. The van der Waals surface area contributed by atoms with Crippen molar-refractivity contribution in [2.75, 3.05) is 31.6 Å². The molecule has 5 nitrogen and oxygen atoms in total. The molecule has 0 amide bonds. The minimum atomic E-state index is 0.173. The first-order valence-electron chi connectivity index (χ1n) is 6.02. The maximum atomic E-state index is 5.52. The van der Waals surface area contributed by atoms with Crippen LogP contribution < -0.4 is 10.6 Å². The fraction of sp³-hybridized carbons (Fsp3) is 0.667. The van der Waals surface area contributed by atoms with Crippen molar-refractivity contribution in [3.05, 3.63) is 17.8 Å². The van der Waals surface area contributed by atoms with Crippen molar-refractivity contribution >= 4 is 5.82 Å². The van der Waals surface area contributed by atoms with E-state index < -0.39 is 0 Å². The van der Waals surface area contributed by atoms with Crippen LogP contribution in [0, 0.1) is 0 Å². The van der Waals surface area contributed by atoms with Gasteiger partial charge in [0.1, 0.15) is 0 Å². The van der Waals surface area contributed by atoms with Gasteiger partial charge in [0.15, 0.2) is 5.82 Å². The monoisotopic (exact) mass is 235 g/mol. The average molecular weight is 235 g/mol. The molecule has 17 heavy (non-hydrogen) atoms. The van der Waals surface area contributed by atoms with Gasteiger partial charge >= 0.3 is 0 Å². The summed E-state index contributed by atoms with van der Waals surface area (Å²) in [6.07, 6.45) is 0. The van der Waals surface area contributed by atoms with Crippen LogP contribution in [0.2, 0.25) is 0 Å². The van der Waals surface area contributed by atoms with Crippen LogP contribution in [0.5, 0.6) is 0 Å². The lowest BCUT2D eigenvalue weighted by Crippen LogP contribution is -2.57. The van der Waals surface area contributed by atoms with Gasteiger partial charge in [-0.15, -0.1) is 5.10 Å². The van der Waals surface area contributed by atoms with Crippen molar-refractivity contribution in [2.24, 2.45) is 5.73 Å². The third-order valence-electron chi connectivity index (χ3n) is 3.56. The molecule has 0 aromatic carbocycles. The summed E-state index contributed by atoms with van der Waals surface area (Å²) in [5.41, 5.74) is 6.53. The van der Waals surface area contributed by atoms with Crippen molar-refractivity contribution in [2.45, 2.75) is 25.9 Å². The number of aromatic nitrogens is 2. The maximum Gasteiger partial charge on any atom is 0.151 e. The van der Waals surface area contributed by atoms with E-state index in [1.54, 1.807) is 0 Å². The summed E-state index contributed by atoms with van der Waals surface area (Å²) < 4.78 is 0. The Morgan fingerprint density at radius 3 is 2.59 bits per heavy atom. The first-order chi connectivity index (χ1) is 8.03. The molecular formula is C12H21N5. The Morgan fingerprint density at radius 1 is 1.29 bits per heavy atom. The quantitative estimate of drug-likeness (QED) is 0.807. The van der Waals surface area contributed by atoms with Crippen LogP contribution >= 0.6 is 0 Å². The highest BCUT2D eigenvalue weighted by Crippen LogP contribution is 2.22. The molecule has 2 heterocycles. The number of nitrogens with two attached hydrogens (primary N) is 1. The van der Waals surface area contributed by atoms with E-state index in [9.17, 15) is 0 Å². The van der Waals surface area contributed by atoms with E-state index in [-0.39, 0.29) is 5.54 Å². The molecule has 94 valence electrons. The fourth-order valence-electron chi connectivity index (χ4n) is 2.07. The number of piperazine rings is 1. The van der Waals surface area contributed by atoms with Crippen molar-refractivity contribution in [1.29, 1.82) is 0 Å². The number of likely N-dealkylation sites (N-methyl/N-ethyl adjacent to an activating group) is 1. The molecule has 2 N–H and O–H groups in total. The van der Waals surface area contributed by atoms with Crippen LogP contribution in [-0.2, 0) is 6.54 Å². The van der Waals surface area contributed by atoms with E-state index in [2.05, 4.69) is 40.9 Å². The van der Waals surface area contributed by atoms with Crippen molar-refractivity contribution < 1.29 is 0 Å². The second-order valence-corrected chi connectivity index (χ2v) is 5.24. The van der Waals surface area contributed by atoms with Gasteiger partial charge < -0.3 is 10.6 Å². The fourth-order valence-corrected chi connectivity index (χ4v) is 2.07. The molecule has 0 radical (unpaired) electrons. The molecule has 0 saturated carbocycles. The maximum absolute atomic E-state index is 5.52. The van der Waals surface area contributed by atoms with E-state index in [1.165, 1.54) is 0 Å². The molecule has 0 spiro atoms. The number of hydrogen-bond donors (Lipinski definition) is 1. The second kappa shape index (κ2) is 4.58. The van der Waals surface area contributed by atoms with Gasteiger partial charge in [-0.3, -0.25) is 4.90 Å². The molecule has 1 aliphatic heterocycles. The highest BCUT2D eigenvalue weighted by atomic mass is 15.3. The number of hydrogen-bond acceptors (Lipinski definition) is 5. The zero-order valence-electron chi connectivity index (χ0n) is 10.8. The lowest BCUT2D eigenvalue weighted by molar-refractivity contribution is 0.138. The Balaban J connectivity index is 2.12. The Bertz CT molecular complexity index is 373. The summed E-state index contributed by atoms with van der Waals surface area (Å²) in [6, 6.07) is 3.96. The van der Waals surface area contributed by atoms with Crippen LogP contribution in [0.1, 0.15) is 19.5 Å². The van der Waals surface area contributed by atoms with Gasteiger partial charge in [-0.2, -0.15) is 5.10 Å². The molecule has 1 aromatic heterocycles. The first kappa shape index (κ1) is 12.3. The van der Waals surface area contributed by atoms with E-state index in [1.807, 2.05) is 12.1 Å². The SMILES string of the molecule is CN1CCN(c2ccc(CN)nn2)CC1(C)C. The van der Waals surface area contributed by atoms with E-state index in [0.29, 0.717) is 6.54 Å². The van der Waals surface area contributed by atoms with Crippen LogP contribution in [0.15, 0.2) is 12.1 Å². The Kier molecular flexibility index (Phi) is 3.31. The van der Waals surface area contributed by atoms with Crippen molar-refractivity contribution in [1.82, 2.24) is 15.1 Å². The summed E-state index contributed by atoms with van der Waals surface area (Å²) in [6.45, 7) is 7.97. The highest BCUT2D eigenvalue weighted by molar-refractivity contribution is 5.39. The average Bonchev–Trinajstić information content (AvgIpc) is 2.33. The smallest absolute Gasteiger partial charge is 0.151 e. The van der Waals surface area contributed by atoms with Crippen molar-refractivity contribution in [3.63, 3.8) is 0 Å². The van der Waals surface area contributed by atoms with E-state index in [4.69, 9.17) is 5.73 Å². The molecule has 2 rings (SSSR count). The largest absolute Gasteiger partial charge is 0.352 e. The summed E-state index contributed by atoms with van der Waals surface area (Å²) in [7, 11) is 2.17. The third-order valence-corrected chi connectivity index (χ3v) is 3.56. The third kappa shape index (κ3) is 2.56. The summed E-state index contributed by atoms with van der Waals surface area (Å²) in [4.78, 5) is 4.67. The molecule has 5 heteroatoms. The van der Waals surface area contributed by atoms with Crippen LogP contribution in [0.3, 0.4) is 0 Å². The summed E-state index contributed by atoms with van der Waals surface area (Å²) in [5, 5.41) is 8.35. The van der Waals surface area contributed by atoms with E-state index in [0.717, 1.165) is 31.1 Å². The van der Waals surface area contributed by atoms with Crippen LogP contribution in [0.4, 0.5) is 5.82 Å². The predicted octanol–water partition coefficient (Wildman–Crippen LogP) is 0.466. The minimum absolute atomic E-state index is 0.173. The summed E-state index contributed by atoms with van der Waals surface area (Å²) >= 11 is 0. The highest BCUT2D eigenvalue weighted by Gasteiger charge is 2.31. The lowest BCUT2D eigenvalue weighted by Gasteiger charge is -2.45. The van der Waals surface area contributed by atoms with Gasteiger partial charge in [-0.1, -0.05) is 0 Å². The molecule has 0 aliphatic carbocycles. The number of rotatable bonds is 2. The second-order valence-electron chi connectivity index (χ2n) is 5.24. The first-order valence-corrected chi connectivity index (χ1v) is 6.02. The number of nitrogens with zero attached hydrogens (tertiary/aromatic N) is 4. The van der Waals surface area contributed by atoms with Gasteiger partial charge in [0.25, 0.3) is 0 Å². The van der Waals surface area contributed by atoms with Gasteiger partial charge in [0.2, 0.25) is 0 Å². The molecule has 1 aromatic rings. The normalized spacial score (nSPS) is 20.6. The molecule has 0 atom stereocenters. The van der Waals surface area contributed by atoms with Crippen LogP contribution in [-0.4, -0.2) is 47.3 Å². The van der Waals surface area contributed by atoms with Gasteiger partial charge in [-0.05, 0) is 33.0 Å². The molecule has 1 aliphatic rings. The Morgan fingerprint density at radius 2 is 2.06 bits per heavy atom. The minimum Gasteiger partial charge on any atom is -0.352 e. The molecular weight excluding hydrogens is 214 g/mol. The molecule has 0 bridgehead atoms. The zero-order valence-corrected chi connectivity index (χ0v) is 10.8. The number of anilines is 1. The topological polar surface area (TPSA) is 58.3 Å². The van der Waals surface area contributed by atoms with Gasteiger partial charge in [0.05, 0.1) is 5.69 Å². The predicted molar refractivity (Wildman–Crippen MR) is 68.8 cm³/mol. The summed E-state index contributed by atoms with van der Waals surface area (Å²) in [5.74, 6) is 0.948. The van der Waals surface area contributed by atoms with E-state index >= 15 is 0 Å². The molecule has 1 fully saturated rings. The molecule has 0 unspecified atom stereocenters. The molecule has 1 saturated heterocycles. The standard InChI is InChI=1S/C12H21N5/c1-12(2)9-17(7-6-16(12)3)11-5-4-10(8-13)14-15-11/h4-5H,6-9,13H2,1-3H3. The van der Waals surface area contributed by atoms with Gasteiger partial charge in [-0.25, -0.2) is 0 Å². The van der Waals surface area contributed by atoms with Crippen LogP contribution in [0.25, 0.3) is 0 Å². The van der Waals surface area contributed by atoms with Gasteiger partial charge in [0, 0.05) is 31.7 Å². The zero-order chi connectivity index (χ0) is 12.5. The lowest BCUT2D eigenvalue weighted by atomic mass is 10.00. The van der Waals surface area contributed by atoms with Crippen molar-refractivity contribution in [3.8, 4) is 0 Å². The Labute approximate surface area is 103 Å².